The van der Waals surface area contributed by atoms with E-state index in [0.717, 1.165) is 43.7 Å². The van der Waals surface area contributed by atoms with Crippen LogP contribution in [0, 0.1) is 0 Å². The van der Waals surface area contributed by atoms with Gasteiger partial charge in [-0.15, -0.1) is 0 Å². The number of hydrogen-bond acceptors (Lipinski definition) is 4. The van der Waals surface area contributed by atoms with E-state index in [1.807, 2.05) is 17.0 Å². The fourth-order valence-electron chi connectivity index (χ4n) is 4.17. The first kappa shape index (κ1) is 19.5. The number of amides is 1. The van der Waals surface area contributed by atoms with Crippen molar-refractivity contribution in [1.82, 2.24) is 9.80 Å². The zero-order chi connectivity index (χ0) is 20.4. The summed E-state index contributed by atoms with van der Waals surface area (Å²) < 4.78 is 5.84. The molecule has 2 aromatic carbocycles. The second-order valence-corrected chi connectivity index (χ2v) is 7.82. The molecule has 0 aromatic heterocycles. The Kier molecular flexibility index (Phi) is 5.53. The predicted octanol–water partition coefficient (Wildman–Crippen LogP) is 3.66. The van der Waals surface area contributed by atoms with Gasteiger partial charge in [-0.3, -0.25) is 9.69 Å². The summed E-state index contributed by atoms with van der Waals surface area (Å²) in [6, 6.07) is 12.5. The summed E-state index contributed by atoms with van der Waals surface area (Å²) in [5, 5.41) is 8.98. The molecule has 1 fully saturated rings. The number of carboxylic acids is 1. The van der Waals surface area contributed by atoms with Crippen molar-refractivity contribution in [2.75, 3.05) is 26.2 Å². The van der Waals surface area contributed by atoms with Gasteiger partial charge in [-0.25, -0.2) is 4.79 Å². The molecule has 6 heteroatoms. The lowest BCUT2D eigenvalue weighted by Gasteiger charge is -2.31. The van der Waals surface area contributed by atoms with Gasteiger partial charge in [0.25, 0.3) is 5.91 Å². The van der Waals surface area contributed by atoms with Gasteiger partial charge in [0.1, 0.15) is 11.5 Å². The van der Waals surface area contributed by atoms with Crippen molar-refractivity contribution in [2.24, 2.45) is 0 Å². The Labute approximate surface area is 170 Å². The van der Waals surface area contributed by atoms with Gasteiger partial charge < -0.3 is 14.7 Å². The smallest absolute Gasteiger partial charge is 0.335 e. The first-order chi connectivity index (χ1) is 14.0. The van der Waals surface area contributed by atoms with Crippen molar-refractivity contribution in [3.8, 4) is 11.5 Å². The molecule has 0 saturated carbocycles. The van der Waals surface area contributed by atoms with Crippen LogP contribution < -0.4 is 4.74 Å². The third-order valence-corrected chi connectivity index (χ3v) is 5.93. The number of nitrogens with zero attached hydrogens (tertiary/aromatic N) is 2. The topological polar surface area (TPSA) is 70.1 Å². The Morgan fingerprint density at radius 3 is 2.55 bits per heavy atom. The molecule has 2 aromatic rings. The Bertz CT molecular complexity index is 910. The number of fused-ring (bicyclic) bond motifs is 1. The number of hydrogen-bond donors (Lipinski definition) is 1. The zero-order valence-corrected chi connectivity index (χ0v) is 16.6. The average Bonchev–Trinajstić information content (AvgIpc) is 3.13. The Balaban J connectivity index is 1.40. The lowest BCUT2D eigenvalue weighted by Crippen LogP contribution is -2.43. The van der Waals surface area contributed by atoms with E-state index in [9.17, 15) is 9.59 Å². The third kappa shape index (κ3) is 4.27. The van der Waals surface area contributed by atoms with Crippen molar-refractivity contribution in [1.29, 1.82) is 0 Å². The lowest BCUT2D eigenvalue weighted by atomic mass is 9.98. The molecular weight excluding hydrogens is 368 g/mol. The van der Waals surface area contributed by atoms with Crippen LogP contribution in [0.1, 0.15) is 46.0 Å². The molecule has 2 aliphatic heterocycles. The minimum Gasteiger partial charge on any atom is -0.478 e. The van der Waals surface area contributed by atoms with Crippen LogP contribution in [0.2, 0.25) is 0 Å². The number of benzene rings is 2. The highest BCUT2D eigenvalue weighted by molar-refractivity contribution is 5.97. The molecule has 152 valence electrons. The summed E-state index contributed by atoms with van der Waals surface area (Å²) in [6.45, 7) is 5.84. The van der Waals surface area contributed by atoms with Crippen molar-refractivity contribution in [3.05, 3.63) is 59.2 Å². The molecule has 2 heterocycles. The molecule has 0 bridgehead atoms. The number of carbonyl (C=O) groups excluding carboxylic acids is 1. The fourth-order valence-corrected chi connectivity index (χ4v) is 4.17. The van der Waals surface area contributed by atoms with Crippen LogP contribution in [-0.2, 0) is 6.42 Å². The molecule has 1 N–H and O–H groups in total. The average molecular weight is 394 g/mol. The van der Waals surface area contributed by atoms with E-state index in [1.165, 1.54) is 25.0 Å². The lowest BCUT2D eigenvalue weighted by molar-refractivity contribution is 0.0693. The number of rotatable bonds is 6. The van der Waals surface area contributed by atoms with Gasteiger partial charge in [-0.1, -0.05) is 0 Å². The molecule has 29 heavy (non-hydrogen) atoms. The van der Waals surface area contributed by atoms with Crippen LogP contribution in [0.3, 0.4) is 0 Å². The molecular formula is C23H26N2O4. The Morgan fingerprint density at radius 2 is 1.86 bits per heavy atom. The number of carboxylic acid groups (broad SMARTS) is 1. The maximum absolute atomic E-state index is 12.9. The van der Waals surface area contributed by atoms with Crippen molar-refractivity contribution < 1.29 is 19.4 Å². The highest BCUT2D eigenvalue weighted by Crippen LogP contribution is 2.28. The van der Waals surface area contributed by atoms with Gasteiger partial charge in [-0.05, 0) is 80.8 Å². The monoisotopic (exact) mass is 394 g/mol. The van der Waals surface area contributed by atoms with E-state index >= 15 is 0 Å². The molecule has 1 amide bonds. The first-order valence-corrected chi connectivity index (χ1v) is 10.2. The second kappa shape index (κ2) is 8.25. The summed E-state index contributed by atoms with van der Waals surface area (Å²) >= 11 is 0. The molecule has 0 unspecified atom stereocenters. The second-order valence-electron chi connectivity index (χ2n) is 7.82. The molecule has 0 spiro atoms. The molecule has 1 atom stereocenters. The number of aromatic carboxylic acids is 1. The summed E-state index contributed by atoms with van der Waals surface area (Å²) in [7, 11) is 0. The molecule has 6 nitrogen and oxygen atoms in total. The van der Waals surface area contributed by atoms with Gasteiger partial charge in [0.2, 0.25) is 0 Å². The van der Waals surface area contributed by atoms with Crippen LogP contribution >= 0.6 is 0 Å². The van der Waals surface area contributed by atoms with Crippen LogP contribution in [-0.4, -0.2) is 59.0 Å². The predicted molar refractivity (Wildman–Crippen MR) is 110 cm³/mol. The van der Waals surface area contributed by atoms with Crippen LogP contribution in [0.4, 0.5) is 0 Å². The van der Waals surface area contributed by atoms with Crippen molar-refractivity contribution >= 4 is 11.9 Å². The molecule has 0 aliphatic carbocycles. The number of likely N-dealkylation sites (tertiary alicyclic amines) is 1. The minimum atomic E-state index is -0.965. The van der Waals surface area contributed by atoms with Gasteiger partial charge in [0.15, 0.2) is 0 Å². The summed E-state index contributed by atoms with van der Waals surface area (Å²) in [5.41, 5.74) is 1.97. The Morgan fingerprint density at radius 1 is 1.10 bits per heavy atom. The number of ether oxygens (including phenoxy) is 1. The fraction of sp³-hybridized carbons (Fsp3) is 0.391. The van der Waals surface area contributed by atoms with E-state index in [-0.39, 0.29) is 11.5 Å². The SMILES string of the molecule is C[C@@H]1CCCN1CCN1CCc2cc(Oc3ccc(C(=O)O)cc3)ccc2C1=O. The van der Waals surface area contributed by atoms with Crippen LogP contribution in [0.5, 0.6) is 11.5 Å². The largest absolute Gasteiger partial charge is 0.478 e. The standard InChI is InChI=1S/C23H26N2O4/c1-16-3-2-11-24(16)13-14-25-12-10-18-15-20(8-9-21(18)22(25)26)29-19-6-4-17(5-7-19)23(27)28/h4-9,15-16H,2-3,10-14H2,1H3,(H,27,28)/t16-/m1/s1. The molecule has 1 saturated heterocycles. The third-order valence-electron chi connectivity index (χ3n) is 5.93. The minimum absolute atomic E-state index is 0.0930. The summed E-state index contributed by atoms with van der Waals surface area (Å²) in [6.07, 6.45) is 3.31. The molecule has 4 rings (SSSR count). The maximum atomic E-state index is 12.9. The van der Waals surface area contributed by atoms with Crippen molar-refractivity contribution in [3.63, 3.8) is 0 Å². The quantitative estimate of drug-likeness (QED) is 0.810. The van der Waals surface area contributed by atoms with E-state index in [2.05, 4.69) is 11.8 Å². The van der Waals surface area contributed by atoms with Gasteiger partial charge in [0.05, 0.1) is 5.56 Å². The zero-order valence-electron chi connectivity index (χ0n) is 16.6. The van der Waals surface area contributed by atoms with Crippen LogP contribution in [0.15, 0.2) is 42.5 Å². The van der Waals surface area contributed by atoms with Crippen LogP contribution in [0.25, 0.3) is 0 Å². The van der Waals surface area contributed by atoms with Crippen molar-refractivity contribution in [2.45, 2.75) is 32.2 Å². The highest BCUT2D eigenvalue weighted by atomic mass is 16.5. The van der Waals surface area contributed by atoms with E-state index in [1.54, 1.807) is 18.2 Å². The number of carbonyl (C=O) groups is 2. The normalized spacial score (nSPS) is 19.3. The maximum Gasteiger partial charge on any atom is 0.335 e. The summed E-state index contributed by atoms with van der Waals surface area (Å²) in [5.74, 6) is 0.348. The highest BCUT2D eigenvalue weighted by Gasteiger charge is 2.26. The van der Waals surface area contributed by atoms with Gasteiger partial charge in [0, 0.05) is 31.2 Å². The van der Waals surface area contributed by atoms with E-state index < -0.39 is 5.97 Å². The summed E-state index contributed by atoms with van der Waals surface area (Å²) in [4.78, 5) is 28.3. The van der Waals surface area contributed by atoms with Gasteiger partial charge >= 0.3 is 5.97 Å². The molecule has 2 aliphatic rings. The van der Waals surface area contributed by atoms with E-state index in [0.29, 0.717) is 17.5 Å². The Hall–Kier alpha value is -2.86. The molecule has 0 radical (unpaired) electrons. The van der Waals surface area contributed by atoms with Gasteiger partial charge in [-0.2, -0.15) is 0 Å². The first-order valence-electron chi connectivity index (χ1n) is 10.2. The van der Waals surface area contributed by atoms with E-state index in [4.69, 9.17) is 9.84 Å².